The highest BCUT2D eigenvalue weighted by molar-refractivity contribution is 5.98. The predicted octanol–water partition coefficient (Wildman–Crippen LogP) is 6.48. The number of benzene rings is 3. The molecule has 0 spiro atoms. The Hall–Kier alpha value is -2.87. The number of aromatic nitrogens is 1. The van der Waals surface area contributed by atoms with Crippen LogP contribution in [0.2, 0.25) is 0 Å². The molecule has 0 radical (unpaired) electrons. The maximum atomic E-state index is 6.02. The molecule has 2 heteroatoms. The van der Waals surface area contributed by atoms with Gasteiger partial charge >= 0.3 is 0 Å². The van der Waals surface area contributed by atoms with Crippen LogP contribution in [-0.2, 0) is 5.41 Å². The molecular formula is C23H21NO. The van der Waals surface area contributed by atoms with Crippen molar-refractivity contribution in [1.82, 2.24) is 4.98 Å². The van der Waals surface area contributed by atoms with Gasteiger partial charge in [0.15, 0.2) is 0 Å². The summed E-state index contributed by atoms with van der Waals surface area (Å²) in [6, 6.07) is 23.0. The first kappa shape index (κ1) is 15.6. The normalized spacial score (nSPS) is 11.8. The summed E-state index contributed by atoms with van der Waals surface area (Å²) in [4.78, 5) is 4.48. The molecule has 0 aliphatic carbocycles. The Morgan fingerprint density at radius 1 is 0.720 bits per heavy atom. The lowest BCUT2D eigenvalue weighted by Crippen LogP contribution is -2.10. The summed E-state index contributed by atoms with van der Waals surface area (Å²) in [5, 5.41) is 4.70. The third-order valence-corrected chi connectivity index (χ3v) is 4.48. The standard InChI is InChI=1S/C23H21NO/c1-23(2,3)20-9-6-10-21(14-20)25-22-13-18-11-16-7-4-5-8-17(16)12-19(18)15-24-22/h4-15H,1-3H3. The maximum Gasteiger partial charge on any atom is 0.219 e. The second-order valence-electron chi connectivity index (χ2n) is 7.45. The molecule has 0 N–H and O–H groups in total. The Morgan fingerprint density at radius 3 is 2.16 bits per heavy atom. The van der Waals surface area contributed by atoms with Crippen LogP contribution in [-0.4, -0.2) is 4.98 Å². The van der Waals surface area contributed by atoms with E-state index in [-0.39, 0.29) is 5.41 Å². The van der Waals surface area contributed by atoms with Crippen LogP contribution in [0.5, 0.6) is 11.6 Å². The van der Waals surface area contributed by atoms with Crippen molar-refractivity contribution in [3.63, 3.8) is 0 Å². The van der Waals surface area contributed by atoms with Crippen LogP contribution in [0.15, 0.2) is 72.9 Å². The van der Waals surface area contributed by atoms with Crippen molar-refractivity contribution >= 4 is 21.5 Å². The fraction of sp³-hybridized carbons (Fsp3) is 0.174. The molecule has 25 heavy (non-hydrogen) atoms. The molecule has 0 saturated heterocycles. The first-order valence-electron chi connectivity index (χ1n) is 8.56. The SMILES string of the molecule is CC(C)(C)c1cccc(Oc2cc3cc4ccccc4cc3cn2)c1. The minimum atomic E-state index is 0.0924. The first-order chi connectivity index (χ1) is 12.0. The zero-order valence-corrected chi connectivity index (χ0v) is 14.8. The highest BCUT2D eigenvalue weighted by Crippen LogP contribution is 2.30. The molecule has 124 valence electrons. The number of rotatable bonds is 2. The van der Waals surface area contributed by atoms with Crippen LogP contribution in [0.25, 0.3) is 21.5 Å². The average Bonchev–Trinajstić information content (AvgIpc) is 2.59. The fourth-order valence-corrected chi connectivity index (χ4v) is 3.02. The van der Waals surface area contributed by atoms with Crippen LogP contribution >= 0.6 is 0 Å². The second kappa shape index (κ2) is 5.89. The summed E-state index contributed by atoms with van der Waals surface area (Å²) in [6.45, 7) is 6.60. The smallest absolute Gasteiger partial charge is 0.219 e. The zero-order valence-electron chi connectivity index (χ0n) is 14.8. The molecule has 0 amide bonds. The Balaban J connectivity index is 1.71. The van der Waals surface area contributed by atoms with Crippen molar-refractivity contribution < 1.29 is 4.74 Å². The maximum absolute atomic E-state index is 6.02. The van der Waals surface area contributed by atoms with E-state index >= 15 is 0 Å². The van der Waals surface area contributed by atoms with Crippen LogP contribution < -0.4 is 4.74 Å². The molecule has 3 aromatic carbocycles. The van der Waals surface area contributed by atoms with E-state index in [9.17, 15) is 0 Å². The second-order valence-corrected chi connectivity index (χ2v) is 7.45. The molecule has 1 heterocycles. The van der Waals surface area contributed by atoms with E-state index in [2.05, 4.69) is 74.3 Å². The molecule has 0 aliphatic heterocycles. The highest BCUT2D eigenvalue weighted by atomic mass is 16.5. The molecular weight excluding hydrogens is 306 g/mol. The van der Waals surface area contributed by atoms with Gasteiger partial charge in [-0.1, -0.05) is 57.2 Å². The number of ether oxygens (including phenoxy) is 1. The number of fused-ring (bicyclic) bond motifs is 2. The van der Waals surface area contributed by atoms with Gasteiger partial charge in [0.25, 0.3) is 0 Å². The van der Waals surface area contributed by atoms with Crippen LogP contribution in [0.1, 0.15) is 26.3 Å². The Labute approximate surface area is 148 Å². The van der Waals surface area contributed by atoms with Gasteiger partial charge in [-0.15, -0.1) is 0 Å². The van der Waals surface area contributed by atoms with Gasteiger partial charge in [-0.25, -0.2) is 4.98 Å². The molecule has 0 fully saturated rings. The molecule has 1 aromatic heterocycles. The van der Waals surface area contributed by atoms with Crippen LogP contribution in [0.4, 0.5) is 0 Å². The van der Waals surface area contributed by atoms with E-state index in [0.29, 0.717) is 5.88 Å². The van der Waals surface area contributed by atoms with Crippen molar-refractivity contribution in [2.24, 2.45) is 0 Å². The van der Waals surface area contributed by atoms with Crippen LogP contribution in [0.3, 0.4) is 0 Å². The minimum Gasteiger partial charge on any atom is -0.439 e. The van der Waals surface area contributed by atoms with Crippen molar-refractivity contribution in [2.45, 2.75) is 26.2 Å². The minimum absolute atomic E-state index is 0.0924. The van der Waals surface area contributed by atoms with Crippen molar-refractivity contribution in [3.05, 3.63) is 78.5 Å². The number of hydrogen-bond donors (Lipinski definition) is 0. The fourth-order valence-electron chi connectivity index (χ4n) is 3.02. The molecule has 0 saturated carbocycles. The number of nitrogens with zero attached hydrogens (tertiary/aromatic N) is 1. The number of hydrogen-bond acceptors (Lipinski definition) is 2. The summed E-state index contributed by atoms with van der Waals surface area (Å²) < 4.78 is 6.02. The third kappa shape index (κ3) is 3.20. The lowest BCUT2D eigenvalue weighted by atomic mass is 9.87. The topological polar surface area (TPSA) is 22.1 Å². The predicted molar refractivity (Wildman–Crippen MR) is 104 cm³/mol. The van der Waals surface area contributed by atoms with Crippen molar-refractivity contribution in [2.75, 3.05) is 0 Å². The average molecular weight is 327 g/mol. The van der Waals surface area contributed by atoms with Gasteiger partial charge < -0.3 is 4.74 Å². The van der Waals surface area contributed by atoms with Gasteiger partial charge in [-0.3, -0.25) is 0 Å². The summed E-state index contributed by atoms with van der Waals surface area (Å²) in [5.74, 6) is 1.44. The largest absolute Gasteiger partial charge is 0.439 e. The van der Waals surface area contributed by atoms with Gasteiger partial charge in [-0.05, 0) is 51.4 Å². The van der Waals surface area contributed by atoms with Crippen LogP contribution in [0, 0.1) is 0 Å². The third-order valence-electron chi connectivity index (χ3n) is 4.48. The Bertz CT molecular complexity index is 1060. The first-order valence-corrected chi connectivity index (χ1v) is 8.56. The molecule has 0 aliphatic rings. The van der Waals surface area contributed by atoms with E-state index in [1.165, 1.54) is 16.3 Å². The molecule has 0 unspecified atom stereocenters. The Morgan fingerprint density at radius 2 is 1.44 bits per heavy atom. The monoisotopic (exact) mass is 327 g/mol. The van der Waals surface area contributed by atoms with Crippen molar-refractivity contribution in [3.8, 4) is 11.6 Å². The molecule has 4 aromatic rings. The quantitative estimate of drug-likeness (QED) is 0.393. The zero-order chi connectivity index (χ0) is 17.4. The van der Waals surface area contributed by atoms with E-state index in [1.807, 2.05) is 24.4 Å². The van der Waals surface area contributed by atoms with E-state index in [4.69, 9.17) is 4.74 Å². The molecule has 0 atom stereocenters. The summed E-state index contributed by atoms with van der Waals surface area (Å²) in [5.41, 5.74) is 1.34. The van der Waals surface area contributed by atoms with E-state index in [1.54, 1.807) is 0 Å². The summed E-state index contributed by atoms with van der Waals surface area (Å²) in [7, 11) is 0. The van der Waals surface area contributed by atoms with Gasteiger partial charge in [-0.2, -0.15) is 0 Å². The highest BCUT2D eigenvalue weighted by Gasteiger charge is 2.14. The van der Waals surface area contributed by atoms with E-state index in [0.717, 1.165) is 16.5 Å². The van der Waals surface area contributed by atoms with E-state index < -0.39 is 0 Å². The van der Waals surface area contributed by atoms with Gasteiger partial charge in [0.1, 0.15) is 5.75 Å². The number of pyridine rings is 1. The van der Waals surface area contributed by atoms with Crippen molar-refractivity contribution in [1.29, 1.82) is 0 Å². The lowest BCUT2D eigenvalue weighted by molar-refractivity contribution is 0.461. The molecule has 2 nitrogen and oxygen atoms in total. The lowest BCUT2D eigenvalue weighted by Gasteiger charge is -2.19. The Kier molecular flexibility index (Phi) is 3.69. The molecule has 4 rings (SSSR count). The summed E-state index contributed by atoms with van der Waals surface area (Å²) in [6.07, 6.45) is 1.88. The summed E-state index contributed by atoms with van der Waals surface area (Å²) >= 11 is 0. The van der Waals surface area contributed by atoms with Gasteiger partial charge in [0.05, 0.1) is 0 Å². The van der Waals surface area contributed by atoms with Gasteiger partial charge in [0.2, 0.25) is 5.88 Å². The van der Waals surface area contributed by atoms with Gasteiger partial charge in [0, 0.05) is 17.6 Å². The molecule has 0 bridgehead atoms.